The van der Waals surface area contributed by atoms with Gasteiger partial charge in [-0.3, -0.25) is 20.2 Å². The van der Waals surface area contributed by atoms with Crippen LogP contribution >= 0.6 is 0 Å². The minimum Gasteiger partial charge on any atom is -0.496 e. The Kier molecular flexibility index (Phi) is 2.84. The van der Waals surface area contributed by atoms with Gasteiger partial charge in [-0.05, 0) is 6.92 Å². The number of hydrogen-bond donors (Lipinski definition) is 0. The molecule has 0 unspecified atom stereocenters. The van der Waals surface area contributed by atoms with Crippen molar-refractivity contribution in [3.63, 3.8) is 0 Å². The lowest BCUT2D eigenvalue weighted by molar-refractivity contribution is -0.394. The van der Waals surface area contributed by atoms with Crippen molar-refractivity contribution in [1.29, 1.82) is 0 Å². The highest BCUT2D eigenvalue weighted by molar-refractivity contribution is 5.58. The first kappa shape index (κ1) is 10.9. The average molecular weight is 211 g/mol. The van der Waals surface area contributed by atoms with E-state index in [4.69, 9.17) is 4.74 Å². The lowest BCUT2D eigenvalue weighted by Gasteiger charge is -2.04. The Morgan fingerprint density at radius 1 is 1.27 bits per heavy atom. The van der Waals surface area contributed by atoms with E-state index in [1.54, 1.807) is 0 Å². The molecule has 0 fully saturated rings. The van der Waals surface area contributed by atoms with Gasteiger partial charge in [-0.25, -0.2) is 0 Å². The second-order valence-corrected chi connectivity index (χ2v) is 2.66. The van der Waals surface area contributed by atoms with Gasteiger partial charge in [0, 0.05) is 0 Å². The zero-order chi connectivity index (χ0) is 11.6. The van der Waals surface area contributed by atoms with Gasteiger partial charge in [-0.15, -0.1) is 0 Å². The lowest BCUT2D eigenvalue weighted by atomic mass is 10.1. The van der Waals surface area contributed by atoms with Crippen LogP contribution in [0.2, 0.25) is 0 Å². The number of ether oxygens (including phenoxy) is 1. The van der Waals surface area contributed by atoms with E-state index in [-0.39, 0.29) is 11.3 Å². The first-order valence-corrected chi connectivity index (χ1v) is 3.80. The molecule has 0 spiro atoms. The molecule has 0 saturated heterocycles. The van der Waals surface area contributed by atoms with Crippen molar-refractivity contribution in [3.05, 3.63) is 44.8 Å². The molecule has 0 amide bonds. The van der Waals surface area contributed by atoms with Crippen LogP contribution in [0.5, 0.6) is 5.75 Å². The highest BCUT2D eigenvalue weighted by Crippen LogP contribution is 2.32. The summed E-state index contributed by atoms with van der Waals surface area (Å²) >= 11 is 0. The first-order valence-electron chi connectivity index (χ1n) is 3.80. The Bertz CT molecular complexity index is 429. The molecule has 0 N–H and O–H groups in total. The third-order valence-electron chi connectivity index (χ3n) is 1.80. The van der Waals surface area contributed by atoms with Gasteiger partial charge < -0.3 is 4.74 Å². The SMILES string of the molecule is [CH2]c1c(OC)cc([N+](=O)[O-])cc1[N+](=O)[O-]. The van der Waals surface area contributed by atoms with Crippen LogP contribution in [-0.4, -0.2) is 17.0 Å². The quantitative estimate of drug-likeness (QED) is 0.559. The molecule has 0 atom stereocenters. The summed E-state index contributed by atoms with van der Waals surface area (Å²) in [5.74, 6) is 0.0240. The summed E-state index contributed by atoms with van der Waals surface area (Å²) in [5.41, 5.74) is -0.805. The van der Waals surface area contributed by atoms with Crippen LogP contribution < -0.4 is 4.74 Å². The normalized spacial score (nSPS) is 9.73. The molecular formula is C8H7N2O5. The Balaban J connectivity index is 3.45. The third-order valence-corrected chi connectivity index (χ3v) is 1.80. The minimum absolute atomic E-state index is 0.0214. The number of non-ortho nitro benzene ring substituents is 1. The van der Waals surface area contributed by atoms with Crippen LogP contribution in [-0.2, 0) is 0 Å². The molecule has 7 nitrogen and oxygen atoms in total. The average Bonchev–Trinajstić information content (AvgIpc) is 2.17. The molecule has 0 heterocycles. The van der Waals surface area contributed by atoms with E-state index in [2.05, 4.69) is 6.92 Å². The zero-order valence-electron chi connectivity index (χ0n) is 7.80. The summed E-state index contributed by atoms with van der Waals surface area (Å²) in [7, 11) is 1.26. The molecule has 15 heavy (non-hydrogen) atoms. The summed E-state index contributed by atoms with van der Waals surface area (Å²) in [4.78, 5) is 19.5. The maximum atomic E-state index is 10.6. The van der Waals surface area contributed by atoms with Gasteiger partial charge in [0.2, 0.25) is 0 Å². The van der Waals surface area contributed by atoms with Crippen molar-refractivity contribution in [3.8, 4) is 5.75 Å². The van der Waals surface area contributed by atoms with Crippen LogP contribution in [0.3, 0.4) is 0 Å². The fraction of sp³-hybridized carbons (Fsp3) is 0.125. The zero-order valence-corrected chi connectivity index (χ0v) is 7.80. The summed E-state index contributed by atoms with van der Waals surface area (Å²) in [6.45, 7) is 3.42. The van der Waals surface area contributed by atoms with Gasteiger partial charge in [0.05, 0.1) is 34.7 Å². The second-order valence-electron chi connectivity index (χ2n) is 2.66. The molecule has 0 saturated carbocycles. The highest BCUT2D eigenvalue weighted by atomic mass is 16.6. The number of nitro benzene ring substituents is 2. The van der Waals surface area contributed by atoms with Crippen molar-refractivity contribution >= 4 is 11.4 Å². The topological polar surface area (TPSA) is 95.5 Å². The number of nitro groups is 2. The maximum absolute atomic E-state index is 10.6. The van der Waals surface area contributed by atoms with Gasteiger partial charge in [0.25, 0.3) is 11.4 Å². The van der Waals surface area contributed by atoms with Crippen LogP contribution in [0.4, 0.5) is 11.4 Å². The smallest absolute Gasteiger partial charge is 0.283 e. The van der Waals surface area contributed by atoms with E-state index in [1.807, 2.05) is 0 Å². The molecule has 1 radical (unpaired) electrons. The highest BCUT2D eigenvalue weighted by Gasteiger charge is 2.21. The Morgan fingerprint density at radius 3 is 2.27 bits per heavy atom. The monoisotopic (exact) mass is 211 g/mol. The number of nitrogens with zero attached hydrogens (tertiary/aromatic N) is 2. The van der Waals surface area contributed by atoms with Crippen molar-refractivity contribution in [2.75, 3.05) is 7.11 Å². The van der Waals surface area contributed by atoms with Gasteiger partial charge in [-0.1, -0.05) is 0 Å². The summed E-state index contributed by atoms with van der Waals surface area (Å²) in [6, 6.07) is 1.94. The summed E-state index contributed by atoms with van der Waals surface area (Å²) in [5, 5.41) is 21.0. The Labute approximate surface area is 84.6 Å². The predicted molar refractivity (Wildman–Crippen MR) is 50.8 cm³/mol. The van der Waals surface area contributed by atoms with E-state index in [1.165, 1.54) is 7.11 Å². The molecule has 0 bridgehead atoms. The third kappa shape index (κ3) is 2.01. The van der Waals surface area contributed by atoms with E-state index < -0.39 is 21.2 Å². The van der Waals surface area contributed by atoms with Gasteiger partial charge in [-0.2, -0.15) is 0 Å². The minimum atomic E-state index is -0.738. The molecule has 1 rings (SSSR count). The molecule has 1 aromatic rings. The van der Waals surface area contributed by atoms with E-state index >= 15 is 0 Å². The van der Waals surface area contributed by atoms with Crippen molar-refractivity contribution in [2.24, 2.45) is 0 Å². The van der Waals surface area contributed by atoms with E-state index in [0.717, 1.165) is 12.1 Å². The molecule has 1 aromatic carbocycles. The van der Waals surface area contributed by atoms with Gasteiger partial charge in [0.1, 0.15) is 5.75 Å². The predicted octanol–water partition coefficient (Wildman–Crippen LogP) is 1.69. The van der Waals surface area contributed by atoms with Crippen molar-refractivity contribution in [2.45, 2.75) is 0 Å². The van der Waals surface area contributed by atoms with Crippen LogP contribution in [0.1, 0.15) is 5.56 Å². The lowest BCUT2D eigenvalue weighted by Crippen LogP contribution is -1.98. The number of benzene rings is 1. The Hall–Kier alpha value is -2.18. The molecule has 0 aromatic heterocycles. The van der Waals surface area contributed by atoms with Crippen molar-refractivity contribution < 1.29 is 14.6 Å². The van der Waals surface area contributed by atoms with Gasteiger partial charge >= 0.3 is 0 Å². The van der Waals surface area contributed by atoms with E-state index in [0.29, 0.717) is 0 Å². The molecule has 0 aliphatic carbocycles. The standard InChI is InChI=1S/C8H7N2O5/c1-5-7(10(13)14)3-6(9(11)12)4-8(5)15-2/h3-4H,1H2,2H3. The largest absolute Gasteiger partial charge is 0.496 e. The summed E-state index contributed by atoms with van der Waals surface area (Å²) < 4.78 is 4.76. The number of rotatable bonds is 3. The number of methoxy groups -OCH3 is 1. The maximum Gasteiger partial charge on any atom is 0.283 e. The fourth-order valence-electron chi connectivity index (χ4n) is 1.07. The van der Waals surface area contributed by atoms with Crippen LogP contribution in [0.25, 0.3) is 0 Å². The van der Waals surface area contributed by atoms with Gasteiger partial charge in [0.15, 0.2) is 0 Å². The second kappa shape index (κ2) is 3.91. The summed E-state index contributed by atoms with van der Waals surface area (Å²) in [6.07, 6.45) is 0. The fourth-order valence-corrected chi connectivity index (χ4v) is 1.07. The van der Waals surface area contributed by atoms with Crippen LogP contribution in [0.15, 0.2) is 12.1 Å². The molecule has 7 heteroatoms. The first-order chi connectivity index (χ1) is 6.97. The Morgan fingerprint density at radius 2 is 1.87 bits per heavy atom. The molecular weight excluding hydrogens is 204 g/mol. The number of hydrogen-bond acceptors (Lipinski definition) is 5. The van der Waals surface area contributed by atoms with Crippen LogP contribution in [0, 0.1) is 27.2 Å². The van der Waals surface area contributed by atoms with Crippen molar-refractivity contribution in [1.82, 2.24) is 0 Å². The molecule has 79 valence electrons. The van der Waals surface area contributed by atoms with E-state index in [9.17, 15) is 20.2 Å². The molecule has 0 aliphatic heterocycles. The molecule has 0 aliphatic rings.